The molecule has 0 spiro atoms. The Labute approximate surface area is 87.1 Å². The highest BCUT2D eigenvalue weighted by atomic mass is 79.9. The quantitative estimate of drug-likeness (QED) is 0.831. The first-order valence-electron chi connectivity index (χ1n) is 4.29. The lowest BCUT2D eigenvalue weighted by atomic mass is 10.0. The van der Waals surface area contributed by atoms with Crippen molar-refractivity contribution < 1.29 is 0 Å². The normalized spacial score (nSPS) is 11.4. The summed E-state index contributed by atoms with van der Waals surface area (Å²) >= 11 is 3.30. The molecule has 1 rings (SSSR count). The van der Waals surface area contributed by atoms with Crippen molar-refractivity contribution >= 4 is 21.7 Å². The van der Waals surface area contributed by atoms with Gasteiger partial charge in [0.2, 0.25) is 0 Å². The van der Waals surface area contributed by atoms with Crippen LogP contribution in [-0.4, -0.2) is 15.5 Å². The van der Waals surface area contributed by atoms with Gasteiger partial charge in [-0.2, -0.15) is 0 Å². The minimum Gasteiger partial charge on any atom is -0.365 e. The second-order valence-corrected chi connectivity index (χ2v) is 4.40. The van der Waals surface area contributed by atoms with Crippen LogP contribution in [0.5, 0.6) is 0 Å². The van der Waals surface area contributed by atoms with Gasteiger partial charge in [-0.3, -0.25) is 0 Å². The van der Waals surface area contributed by atoms with Gasteiger partial charge in [-0.1, -0.05) is 6.92 Å². The van der Waals surface area contributed by atoms with Crippen LogP contribution in [0.1, 0.15) is 27.2 Å². The predicted octanol–water partition coefficient (Wildman–Crippen LogP) is 2.84. The molecular weight excluding hydrogens is 230 g/mol. The Morgan fingerprint density at radius 3 is 2.69 bits per heavy atom. The Kier molecular flexibility index (Phi) is 3.25. The molecule has 0 amide bonds. The van der Waals surface area contributed by atoms with Crippen molar-refractivity contribution in [2.45, 2.75) is 32.7 Å². The maximum Gasteiger partial charge on any atom is 0.130 e. The Morgan fingerprint density at radius 2 is 2.15 bits per heavy atom. The smallest absolute Gasteiger partial charge is 0.130 e. The van der Waals surface area contributed by atoms with Crippen molar-refractivity contribution in [1.29, 1.82) is 0 Å². The van der Waals surface area contributed by atoms with Crippen LogP contribution in [0.25, 0.3) is 0 Å². The zero-order valence-corrected chi connectivity index (χ0v) is 9.72. The van der Waals surface area contributed by atoms with Gasteiger partial charge in [0, 0.05) is 11.6 Å². The van der Waals surface area contributed by atoms with Gasteiger partial charge in [0.05, 0.1) is 0 Å². The van der Waals surface area contributed by atoms with Crippen LogP contribution in [-0.2, 0) is 0 Å². The van der Waals surface area contributed by atoms with Crippen molar-refractivity contribution in [1.82, 2.24) is 9.97 Å². The molecule has 0 saturated carbocycles. The van der Waals surface area contributed by atoms with E-state index in [0.29, 0.717) is 0 Å². The molecule has 72 valence electrons. The van der Waals surface area contributed by atoms with E-state index < -0.39 is 0 Å². The van der Waals surface area contributed by atoms with Crippen LogP contribution >= 0.6 is 15.9 Å². The van der Waals surface area contributed by atoms with Crippen LogP contribution in [0.15, 0.2) is 17.0 Å². The van der Waals surface area contributed by atoms with Gasteiger partial charge in [-0.25, -0.2) is 9.97 Å². The summed E-state index contributed by atoms with van der Waals surface area (Å²) in [6.45, 7) is 6.43. The van der Waals surface area contributed by atoms with E-state index in [2.05, 4.69) is 52.0 Å². The average Bonchev–Trinajstić information content (AvgIpc) is 2.03. The molecule has 0 aliphatic rings. The summed E-state index contributed by atoms with van der Waals surface area (Å²) in [5.74, 6) is 0.855. The van der Waals surface area contributed by atoms with Crippen LogP contribution in [0.3, 0.4) is 0 Å². The molecule has 0 unspecified atom stereocenters. The summed E-state index contributed by atoms with van der Waals surface area (Å²) in [5, 5.41) is 3.33. The van der Waals surface area contributed by atoms with Crippen molar-refractivity contribution in [2.24, 2.45) is 0 Å². The number of halogens is 1. The summed E-state index contributed by atoms with van der Waals surface area (Å²) in [7, 11) is 0. The lowest BCUT2D eigenvalue weighted by Gasteiger charge is -2.24. The van der Waals surface area contributed by atoms with E-state index in [0.717, 1.165) is 16.8 Å². The molecule has 0 saturated heterocycles. The summed E-state index contributed by atoms with van der Waals surface area (Å²) in [6.07, 6.45) is 2.59. The molecular formula is C9H14BrN3. The topological polar surface area (TPSA) is 37.8 Å². The Bertz CT molecular complexity index is 286. The Balaban J connectivity index is 2.74. The maximum absolute atomic E-state index is 4.12. The van der Waals surface area contributed by atoms with Crippen LogP contribution < -0.4 is 5.32 Å². The van der Waals surface area contributed by atoms with E-state index in [1.807, 2.05) is 6.07 Å². The molecule has 0 aliphatic heterocycles. The van der Waals surface area contributed by atoms with E-state index in [9.17, 15) is 0 Å². The molecule has 1 heterocycles. The second kappa shape index (κ2) is 4.05. The summed E-state index contributed by atoms with van der Waals surface area (Å²) < 4.78 is 0.803. The molecule has 1 aromatic rings. The zero-order chi connectivity index (χ0) is 9.90. The fourth-order valence-corrected chi connectivity index (χ4v) is 1.15. The molecule has 0 fully saturated rings. The highest BCUT2D eigenvalue weighted by Gasteiger charge is 2.14. The van der Waals surface area contributed by atoms with Crippen LogP contribution in [0, 0.1) is 0 Å². The average molecular weight is 244 g/mol. The minimum absolute atomic E-state index is 0.0772. The molecule has 13 heavy (non-hydrogen) atoms. The fraction of sp³-hybridized carbons (Fsp3) is 0.556. The highest BCUT2D eigenvalue weighted by molar-refractivity contribution is 9.10. The third-order valence-corrected chi connectivity index (χ3v) is 2.42. The summed E-state index contributed by atoms with van der Waals surface area (Å²) in [5.41, 5.74) is 0.0772. The summed E-state index contributed by atoms with van der Waals surface area (Å²) in [4.78, 5) is 8.08. The number of nitrogens with zero attached hydrogens (tertiary/aromatic N) is 2. The highest BCUT2D eigenvalue weighted by Crippen LogP contribution is 2.17. The van der Waals surface area contributed by atoms with Crippen molar-refractivity contribution in [3.8, 4) is 0 Å². The lowest BCUT2D eigenvalue weighted by Crippen LogP contribution is -2.30. The largest absolute Gasteiger partial charge is 0.365 e. The van der Waals surface area contributed by atoms with E-state index in [-0.39, 0.29) is 5.54 Å². The molecule has 0 radical (unpaired) electrons. The maximum atomic E-state index is 4.12. The molecule has 0 atom stereocenters. The van der Waals surface area contributed by atoms with E-state index >= 15 is 0 Å². The SMILES string of the molecule is CCC(C)(C)Nc1cc(Br)ncn1. The first-order chi connectivity index (χ1) is 6.03. The standard InChI is InChI=1S/C9H14BrN3/c1-4-9(2,3)13-8-5-7(10)11-6-12-8/h5-6H,4H2,1-3H3,(H,11,12,13). The zero-order valence-electron chi connectivity index (χ0n) is 8.13. The van der Waals surface area contributed by atoms with Gasteiger partial charge in [0.25, 0.3) is 0 Å². The monoisotopic (exact) mass is 243 g/mol. The Hall–Kier alpha value is -0.640. The van der Waals surface area contributed by atoms with Gasteiger partial charge >= 0.3 is 0 Å². The van der Waals surface area contributed by atoms with Gasteiger partial charge in [-0.15, -0.1) is 0 Å². The number of hydrogen-bond acceptors (Lipinski definition) is 3. The first kappa shape index (κ1) is 10.4. The van der Waals surface area contributed by atoms with E-state index in [4.69, 9.17) is 0 Å². The first-order valence-corrected chi connectivity index (χ1v) is 5.08. The molecule has 0 aromatic carbocycles. The molecule has 4 heteroatoms. The molecule has 1 N–H and O–H groups in total. The van der Waals surface area contributed by atoms with Gasteiger partial charge in [-0.05, 0) is 36.2 Å². The number of aromatic nitrogens is 2. The van der Waals surface area contributed by atoms with E-state index in [1.165, 1.54) is 6.33 Å². The van der Waals surface area contributed by atoms with Crippen LogP contribution in [0.2, 0.25) is 0 Å². The number of anilines is 1. The van der Waals surface area contributed by atoms with Crippen molar-refractivity contribution in [3.63, 3.8) is 0 Å². The summed E-state index contributed by atoms with van der Waals surface area (Å²) in [6, 6.07) is 1.87. The lowest BCUT2D eigenvalue weighted by molar-refractivity contribution is 0.544. The second-order valence-electron chi connectivity index (χ2n) is 3.59. The van der Waals surface area contributed by atoms with Gasteiger partial charge in [0.15, 0.2) is 0 Å². The molecule has 0 aliphatic carbocycles. The fourth-order valence-electron chi connectivity index (χ4n) is 0.837. The van der Waals surface area contributed by atoms with Crippen molar-refractivity contribution in [3.05, 3.63) is 17.0 Å². The number of rotatable bonds is 3. The molecule has 1 aromatic heterocycles. The molecule has 3 nitrogen and oxygen atoms in total. The predicted molar refractivity (Wildman–Crippen MR) is 57.7 cm³/mol. The third kappa shape index (κ3) is 3.30. The van der Waals surface area contributed by atoms with Crippen molar-refractivity contribution in [2.75, 3.05) is 5.32 Å². The third-order valence-electron chi connectivity index (χ3n) is 1.98. The molecule has 0 bridgehead atoms. The number of hydrogen-bond donors (Lipinski definition) is 1. The number of nitrogens with one attached hydrogen (secondary N) is 1. The Morgan fingerprint density at radius 1 is 1.46 bits per heavy atom. The van der Waals surface area contributed by atoms with Gasteiger partial charge in [0.1, 0.15) is 16.7 Å². The van der Waals surface area contributed by atoms with Crippen LogP contribution in [0.4, 0.5) is 5.82 Å². The van der Waals surface area contributed by atoms with E-state index in [1.54, 1.807) is 0 Å². The minimum atomic E-state index is 0.0772. The van der Waals surface area contributed by atoms with Gasteiger partial charge < -0.3 is 5.32 Å².